The highest BCUT2D eigenvalue weighted by molar-refractivity contribution is 5.83. The van der Waals surface area contributed by atoms with E-state index in [-0.39, 0.29) is 5.82 Å². The van der Waals surface area contributed by atoms with Crippen molar-refractivity contribution in [2.75, 3.05) is 24.1 Å². The Labute approximate surface area is 237 Å². The van der Waals surface area contributed by atoms with Gasteiger partial charge in [-0.15, -0.1) is 0 Å². The third kappa shape index (κ3) is 5.19. The maximum Gasteiger partial charge on any atom is 0.234 e. The molecule has 0 atom stereocenters. The largest absolute Gasteiger partial charge is 0.383 e. The molecule has 0 spiro atoms. The van der Waals surface area contributed by atoms with Gasteiger partial charge in [0.05, 0.1) is 5.56 Å². The number of fused-ring (bicyclic) bond motifs is 1. The average molecular weight is 543 g/mol. The third-order valence-electron chi connectivity index (χ3n) is 7.90. The summed E-state index contributed by atoms with van der Waals surface area (Å²) >= 11 is 0. The molecule has 1 saturated carbocycles. The van der Waals surface area contributed by atoms with Crippen LogP contribution in [0.5, 0.6) is 0 Å². The second-order valence-corrected chi connectivity index (χ2v) is 10.8. The molecule has 2 fully saturated rings. The normalized spacial score (nSPS) is 16.1. The number of nitrogens with two attached hydrogens (primary N) is 1. The maximum absolute atomic E-state index is 9.05. The molecule has 1 saturated heterocycles. The summed E-state index contributed by atoms with van der Waals surface area (Å²) in [5.41, 5.74) is 12.2. The van der Waals surface area contributed by atoms with Crippen molar-refractivity contribution in [1.82, 2.24) is 34.4 Å². The molecule has 0 bridgehead atoms. The van der Waals surface area contributed by atoms with E-state index in [9.17, 15) is 0 Å². The molecule has 0 unspecified atom stereocenters. The van der Waals surface area contributed by atoms with Gasteiger partial charge in [0.25, 0.3) is 0 Å². The fourth-order valence-corrected chi connectivity index (χ4v) is 5.56. The number of hydrogen-bond donors (Lipinski definition) is 2. The van der Waals surface area contributed by atoms with E-state index in [4.69, 9.17) is 21.0 Å². The molecule has 41 heavy (non-hydrogen) atoms. The number of imidazole rings is 1. The van der Waals surface area contributed by atoms with Crippen LogP contribution in [-0.4, -0.2) is 53.5 Å². The van der Waals surface area contributed by atoms with Gasteiger partial charge in [0, 0.05) is 55.4 Å². The van der Waals surface area contributed by atoms with Crippen molar-refractivity contribution in [2.45, 2.75) is 44.2 Å². The number of piperidine rings is 1. The van der Waals surface area contributed by atoms with Crippen molar-refractivity contribution in [3.63, 3.8) is 0 Å². The van der Waals surface area contributed by atoms with Gasteiger partial charge in [-0.25, -0.2) is 24.9 Å². The fraction of sp³-hybridized carbons (Fsp3) is 0.290. The molecule has 204 valence electrons. The number of nitrogens with one attached hydrogen (secondary N) is 1. The van der Waals surface area contributed by atoms with E-state index in [0.29, 0.717) is 23.6 Å². The summed E-state index contributed by atoms with van der Waals surface area (Å²) in [6.07, 6.45) is 7.73. The SMILES string of the molecule is N#Cc1nccc(NC2CCN(Cc3ccc(-n4c(-c5cccnc5N)nc5ccc(C6CC6)nc54)cc3)CC2)n1. The number of hydrogen-bond acceptors (Lipinski definition) is 9. The molecule has 5 heterocycles. The minimum Gasteiger partial charge on any atom is -0.383 e. The average Bonchev–Trinajstić information content (AvgIpc) is 3.79. The van der Waals surface area contributed by atoms with Gasteiger partial charge in [-0.1, -0.05) is 12.1 Å². The lowest BCUT2D eigenvalue weighted by Gasteiger charge is -2.32. The van der Waals surface area contributed by atoms with Crippen LogP contribution in [0.2, 0.25) is 0 Å². The van der Waals surface area contributed by atoms with Crippen LogP contribution >= 0.6 is 0 Å². The molecule has 4 aromatic heterocycles. The molecule has 2 aliphatic rings. The van der Waals surface area contributed by atoms with E-state index in [1.165, 1.54) is 18.4 Å². The first-order valence-electron chi connectivity index (χ1n) is 14.1. The van der Waals surface area contributed by atoms with Gasteiger partial charge in [-0.3, -0.25) is 9.47 Å². The number of benzene rings is 1. The summed E-state index contributed by atoms with van der Waals surface area (Å²) in [7, 11) is 0. The summed E-state index contributed by atoms with van der Waals surface area (Å²) in [5, 5.41) is 12.5. The van der Waals surface area contributed by atoms with Crippen LogP contribution in [0.15, 0.2) is 67.0 Å². The van der Waals surface area contributed by atoms with Crippen LogP contribution in [0, 0.1) is 11.3 Å². The van der Waals surface area contributed by atoms with Gasteiger partial charge in [0.1, 0.15) is 23.2 Å². The van der Waals surface area contributed by atoms with Crippen LogP contribution in [0.1, 0.15) is 48.7 Å². The first kappa shape index (κ1) is 25.1. The van der Waals surface area contributed by atoms with Crippen LogP contribution < -0.4 is 11.1 Å². The minimum atomic E-state index is 0.190. The highest BCUT2D eigenvalue weighted by Crippen LogP contribution is 2.40. The number of anilines is 2. The number of pyridine rings is 2. The molecule has 1 aliphatic carbocycles. The van der Waals surface area contributed by atoms with Gasteiger partial charge >= 0.3 is 0 Å². The van der Waals surface area contributed by atoms with Gasteiger partial charge in [0.2, 0.25) is 5.82 Å². The highest BCUT2D eigenvalue weighted by Gasteiger charge is 2.27. The van der Waals surface area contributed by atoms with Crippen molar-refractivity contribution >= 4 is 22.8 Å². The van der Waals surface area contributed by atoms with Gasteiger partial charge in [0.15, 0.2) is 11.5 Å². The van der Waals surface area contributed by atoms with Gasteiger partial charge in [-0.2, -0.15) is 5.26 Å². The lowest BCUT2D eigenvalue weighted by Crippen LogP contribution is -2.38. The van der Waals surface area contributed by atoms with Crippen molar-refractivity contribution in [3.8, 4) is 23.1 Å². The minimum absolute atomic E-state index is 0.190. The molecular formula is C31H30N10. The number of aromatic nitrogens is 6. The first-order chi connectivity index (χ1) is 20.1. The summed E-state index contributed by atoms with van der Waals surface area (Å²) in [5.74, 6) is 2.65. The monoisotopic (exact) mass is 542 g/mol. The summed E-state index contributed by atoms with van der Waals surface area (Å²) in [6.45, 7) is 2.86. The van der Waals surface area contributed by atoms with Gasteiger partial charge in [-0.05, 0) is 73.7 Å². The van der Waals surface area contributed by atoms with E-state index >= 15 is 0 Å². The zero-order chi connectivity index (χ0) is 27.8. The lowest BCUT2D eigenvalue weighted by molar-refractivity contribution is 0.211. The maximum atomic E-state index is 9.05. The topological polar surface area (TPSA) is 134 Å². The Morgan fingerprint density at radius 2 is 1.73 bits per heavy atom. The zero-order valence-corrected chi connectivity index (χ0v) is 22.6. The van der Waals surface area contributed by atoms with E-state index in [0.717, 1.165) is 66.4 Å². The number of likely N-dealkylation sites (tertiary alicyclic amines) is 1. The van der Waals surface area contributed by atoms with Crippen molar-refractivity contribution in [2.24, 2.45) is 0 Å². The smallest absolute Gasteiger partial charge is 0.234 e. The van der Waals surface area contributed by atoms with Crippen LogP contribution in [0.25, 0.3) is 28.2 Å². The third-order valence-corrected chi connectivity index (χ3v) is 7.90. The molecule has 1 aromatic carbocycles. The second kappa shape index (κ2) is 10.6. The van der Waals surface area contributed by atoms with E-state index in [1.807, 2.05) is 24.3 Å². The highest BCUT2D eigenvalue weighted by atomic mass is 15.2. The molecule has 0 amide bonds. The van der Waals surface area contributed by atoms with Crippen molar-refractivity contribution in [1.29, 1.82) is 5.26 Å². The van der Waals surface area contributed by atoms with Crippen LogP contribution in [0.4, 0.5) is 11.6 Å². The molecule has 0 radical (unpaired) electrons. The van der Waals surface area contributed by atoms with E-state index < -0.39 is 0 Å². The molecule has 10 heteroatoms. The molecular weight excluding hydrogens is 512 g/mol. The lowest BCUT2D eigenvalue weighted by atomic mass is 10.0. The van der Waals surface area contributed by atoms with Crippen LogP contribution in [0.3, 0.4) is 0 Å². The van der Waals surface area contributed by atoms with E-state index in [1.54, 1.807) is 12.4 Å². The Kier molecular flexibility index (Phi) is 6.49. The Balaban J connectivity index is 1.09. The Bertz CT molecular complexity index is 1740. The molecule has 5 aromatic rings. The standard InChI is InChI=1S/C31H30N10/c32-18-28-34-15-11-27(39-28)36-22-12-16-40(17-13-22)19-20-3-7-23(8-4-20)41-30(24-2-1-14-35-29(24)33)38-26-10-9-25(21-5-6-21)37-31(26)41/h1-4,7-11,14-15,21-22H,5-6,12-13,16-17,19H2,(H2,33,35)(H,34,36,39). The number of nitrogens with zero attached hydrogens (tertiary/aromatic N) is 8. The van der Waals surface area contributed by atoms with Crippen molar-refractivity contribution in [3.05, 3.63) is 84.1 Å². The molecule has 3 N–H and O–H groups in total. The summed E-state index contributed by atoms with van der Waals surface area (Å²) < 4.78 is 2.11. The number of nitrogen functional groups attached to an aromatic ring is 1. The Hall–Kier alpha value is -4.88. The number of nitriles is 1. The Morgan fingerprint density at radius 3 is 2.49 bits per heavy atom. The fourth-order valence-electron chi connectivity index (χ4n) is 5.56. The molecule has 7 rings (SSSR count). The molecule has 1 aliphatic heterocycles. The predicted octanol–water partition coefficient (Wildman–Crippen LogP) is 4.68. The quantitative estimate of drug-likeness (QED) is 0.300. The first-order valence-corrected chi connectivity index (χ1v) is 14.1. The van der Waals surface area contributed by atoms with Crippen molar-refractivity contribution < 1.29 is 0 Å². The number of rotatable bonds is 7. The summed E-state index contributed by atoms with van der Waals surface area (Å²) in [6, 6.07) is 20.8. The molecule has 10 nitrogen and oxygen atoms in total. The van der Waals surface area contributed by atoms with Crippen LogP contribution in [-0.2, 0) is 6.54 Å². The predicted molar refractivity (Wildman–Crippen MR) is 157 cm³/mol. The van der Waals surface area contributed by atoms with E-state index in [2.05, 4.69) is 66.1 Å². The van der Waals surface area contributed by atoms with Gasteiger partial charge < -0.3 is 11.1 Å². The Morgan fingerprint density at radius 1 is 0.902 bits per heavy atom. The zero-order valence-electron chi connectivity index (χ0n) is 22.6. The summed E-state index contributed by atoms with van der Waals surface area (Å²) in [4.78, 5) is 25.0. The second-order valence-electron chi connectivity index (χ2n) is 10.8.